The molecule has 1 aromatic heterocycles. The number of hydrogen-bond donors (Lipinski definition) is 1. The van der Waals surface area contributed by atoms with Gasteiger partial charge in [-0.05, 0) is 48.9 Å². The highest BCUT2D eigenvalue weighted by atomic mass is 35.5. The summed E-state index contributed by atoms with van der Waals surface area (Å²) in [6.45, 7) is 1.46. The van der Waals surface area contributed by atoms with Crippen molar-refractivity contribution in [1.29, 1.82) is 0 Å². The number of nitrogens with zero attached hydrogens (tertiary/aromatic N) is 2. The van der Waals surface area contributed by atoms with Gasteiger partial charge in [-0.15, -0.1) is 0 Å². The average molecular weight is 460 g/mol. The molecule has 0 atom stereocenters. The van der Waals surface area contributed by atoms with E-state index in [0.717, 1.165) is 28.4 Å². The van der Waals surface area contributed by atoms with Crippen molar-refractivity contribution in [2.45, 2.75) is 13.5 Å². The predicted octanol–water partition coefficient (Wildman–Crippen LogP) is 2.90. The lowest BCUT2D eigenvalue weighted by Crippen LogP contribution is -2.30. The fraction of sp³-hybridized carbons (Fsp3) is 0.182. The number of aromatic nitrogens is 2. The van der Waals surface area contributed by atoms with Crippen LogP contribution < -0.4 is 15.6 Å². The van der Waals surface area contributed by atoms with E-state index in [1.54, 1.807) is 31.2 Å². The molecule has 0 fully saturated rings. The van der Waals surface area contributed by atoms with Crippen molar-refractivity contribution in [3.8, 4) is 11.4 Å². The van der Waals surface area contributed by atoms with Gasteiger partial charge in [-0.2, -0.15) is 9.78 Å². The largest absolute Gasteiger partial charge is 0.481 e. The van der Waals surface area contributed by atoms with Gasteiger partial charge in [0.2, 0.25) is 5.69 Å². The molecule has 0 radical (unpaired) electrons. The molecule has 0 spiro atoms. The van der Waals surface area contributed by atoms with Crippen LogP contribution >= 0.6 is 11.6 Å². The van der Waals surface area contributed by atoms with E-state index < -0.39 is 29.9 Å². The average Bonchev–Trinajstić information content (AvgIpc) is 2.78. The van der Waals surface area contributed by atoms with Crippen molar-refractivity contribution in [3.63, 3.8) is 0 Å². The Morgan fingerprint density at radius 3 is 2.47 bits per heavy atom. The highest BCUT2D eigenvalue weighted by Crippen LogP contribution is 2.16. The van der Waals surface area contributed by atoms with Gasteiger partial charge in [-0.3, -0.25) is 9.59 Å². The van der Waals surface area contributed by atoms with Crippen LogP contribution in [0.15, 0.2) is 59.4 Å². The summed E-state index contributed by atoms with van der Waals surface area (Å²) in [5.41, 5.74) is 0.148. The monoisotopic (exact) mass is 459 g/mol. The van der Waals surface area contributed by atoms with Gasteiger partial charge in [0.25, 0.3) is 11.5 Å². The summed E-state index contributed by atoms with van der Waals surface area (Å²) in [7, 11) is 0. The van der Waals surface area contributed by atoms with E-state index in [4.69, 9.17) is 21.1 Å². The molecule has 1 heterocycles. The maximum atomic E-state index is 13.2. The lowest BCUT2D eigenvalue weighted by molar-refractivity contribution is -0.123. The van der Waals surface area contributed by atoms with Crippen LogP contribution in [0.2, 0.25) is 5.02 Å². The van der Waals surface area contributed by atoms with Crippen LogP contribution in [0.4, 0.5) is 4.39 Å². The van der Waals surface area contributed by atoms with Crippen LogP contribution in [0, 0.1) is 5.82 Å². The molecule has 3 aromatic rings. The number of carbonyl (C=O) groups is 2. The van der Waals surface area contributed by atoms with Gasteiger partial charge in [-0.25, -0.2) is 9.18 Å². The van der Waals surface area contributed by atoms with E-state index >= 15 is 0 Å². The number of carbonyl (C=O) groups excluding carboxylic acids is 2. The minimum Gasteiger partial charge on any atom is -0.481 e. The second kappa shape index (κ2) is 10.5. The fourth-order valence-corrected chi connectivity index (χ4v) is 2.78. The third-order valence-corrected chi connectivity index (χ3v) is 4.45. The van der Waals surface area contributed by atoms with Crippen LogP contribution in [0.1, 0.15) is 23.0 Å². The van der Waals surface area contributed by atoms with Gasteiger partial charge in [-0.1, -0.05) is 23.7 Å². The molecule has 10 heteroatoms. The molecule has 166 valence electrons. The minimum atomic E-state index is -0.833. The molecule has 0 unspecified atom stereocenters. The molecule has 1 amide bonds. The highest BCUT2D eigenvalue weighted by Gasteiger charge is 2.20. The predicted molar refractivity (Wildman–Crippen MR) is 115 cm³/mol. The normalized spacial score (nSPS) is 10.5. The first-order valence-electron chi connectivity index (χ1n) is 9.58. The van der Waals surface area contributed by atoms with Crippen LogP contribution in [0.25, 0.3) is 5.69 Å². The Kier molecular flexibility index (Phi) is 7.56. The molecular formula is C22H19ClFN3O5. The van der Waals surface area contributed by atoms with Crippen LogP contribution in [0.3, 0.4) is 0 Å². The maximum Gasteiger partial charge on any atom is 0.362 e. The number of esters is 1. The Morgan fingerprint density at radius 1 is 1.12 bits per heavy atom. The zero-order valence-electron chi connectivity index (χ0n) is 17.0. The van der Waals surface area contributed by atoms with Crippen LogP contribution in [-0.4, -0.2) is 34.9 Å². The van der Waals surface area contributed by atoms with Crippen molar-refractivity contribution in [2.75, 3.05) is 13.2 Å². The van der Waals surface area contributed by atoms with E-state index in [-0.39, 0.29) is 30.3 Å². The smallest absolute Gasteiger partial charge is 0.362 e. The summed E-state index contributed by atoms with van der Waals surface area (Å²) >= 11 is 5.83. The minimum absolute atomic E-state index is 0.0667. The van der Waals surface area contributed by atoms with Crippen LogP contribution in [0.5, 0.6) is 5.75 Å². The van der Waals surface area contributed by atoms with Gasteiger partial charge >= 0.3 is 5.97 Å². The van der Waals surface area contributed by atoms with Gasteiger partial charge in [0, 0.05) is 11.6 Å². The molecule has 0 aliphatic carbocycles. The lowest BCUT2D eigenvalue weighted by Gasteiger charge is -2.12. The standard InChI is InChI=1S/C22H19ClFN3O5/c1-2-31-22(30)21-18(11-20(29)27(26-21)17-9-7-16(24)8-10-17)32-13-19(28)25-12-14-3-5-15(23)6-4-14/h3-11H,2,12-13H2,1H3,(H,25,28). The van der Waals surface area contributed by atoms with E-state index in [1.165, 1.54) is 12.1 Å². The number of halogens is 2. The van der Waals surface area contributed by atoms with Crippen molar-refractivity contribution in [3.05, 3.63) is 87.0 Å². The highest BCUT2D eigenvalue weighted by molar-refractivity contribution is 6.30. The zero-order valence-corrected chi connectivity index (χ0v) is 17.8. The molecule has 0 saturated heterocycles. The molecular weight excluding hydrogens is 441 g/mol. The van der Waals surface area contributed by atoms with Gasteiger partial charge in [0.1, 0.15) is 5.82 Å². The van der Waals surface area contributed by atoms with Crippen LogP contribution in [-0.2, 0) is 16.1 Å². The number of ether oxygens (including phenoxy) is 2. The summed E-state index contributed by atoms with van der Waals surface area (Å²) in [4.78, 5) is 37.0. The summed E-state index contributed by atoms with van der Waals surface area (Å²) in [6.07, 6.45) is 0. The van der Waals surface area contributed by atoms with Gasteiger partial charge < -0.3 is 14.8 Å². The number of nitrogens with one attached hydrogen (secondary N) is 1. The van der Waals surface area contributed by atoms with Crippen molar-refractivity contribution in [1.82, 2.24) is 15.1 Å². The van der Waals surface area contributed by atoms with Crippen molar-refractivity contribution >= 4 is 23.5 Å². The second-order valence-corrected chi connectivity index (χ2v) is 6.93. The fourth-order valence-electron chi connectivity index (χ4n) is 2.66. The molecule has 0 aliphatic rings. The number of benzene rings is 2. The lowest BCUT2D eigenvalue weighted by atomic mass is 10.2. The summed E-state index contributed by atoms with van der Waals surface area (Å²) < 4.78 is 24.5. The first-order valence-corrected chi connectivity index (χ1v) is 9.96. The van der Waals surface area contributed by atoms with E-state index in [1.807, 2.05) is 0 Å². The number of hydrogen-bond acceptors (Lipinski definition) is 6. The quantitative estimate of drug-likeness (QED) is 0.520. The third-order valence-electron chi connectivity index (χ3n) is 4.20. The Bertz CT molecular complexity index is 1160. The zero-order chi connectivity index (χ0) is 23.1. The molecule has 1 N–H and O–H groups in total. The second-order valence-electron chi connectivity index (χ2n) is 6.50. The molecule has 0 bridgehead atoms. The Balaban J connectivity index is 1.76. The van der Waals surface area contributed by atoms with Crippen molar-refractivity contribution in [2.24, 2.45) is 0 Å². The topological polar surface area (TPSA) is 99.5 Å². The molecule has 32 heavy (non-hydrogen) atoms. The first-order chi connectivity index (χ1) is 15.4. The SMILES string of the molecule is CCOC(=O)c1nn(-c2ccc(F)cc2)c(=O)cc1OCC(=O)NCc1ccc(Cl)cc1. The Labute approximate surface area is 187 Å². The molecule has 8 nitrogen and oxygen atoms in total. The molecule has 3 rings (SSSR count). The van der Waals surface area contributed by atoms with Crippen molar-refractivity contribution < 1.29 is 23.5 Å². The third kappa shape index (κ3) is 5.92. The summed E-state index contributed by atoms with van der Waals surface area (Å²) in [5, 5.41) is 7.25. The molecule has 2 aromatic carbocycles. The van der Waals surface area contributed by atoms with E-state index in [9.17, 15) is 18.8 Å². The first kappa shape index (κ1) is 23.0. The number of rotatable bonds is 8. The Hall–Kier alpha value is -3.72. The van der Waals surface area contributed by atoms with E-state index in [0.29, 0.717) is 5.02 Å². The summed E-state index contributed by atoms with van der Waals surface area (Å²) in [5.74, 6) is -2.00. The van der Waals surface area contributed by atoms with Gasteiger partial charge in [0.05, 0.1) is 18.4 Å². The van der Waals surface area contributed by atoms with E-state index in [2.05, 4.69) is 10.4 Å². The number of amides is 1. The maximum absolute atomic E-state index is 13.2. The molecule has 0 aliphatic heterocycles. The van der Waals surface area contributed by atoms with Gasteiger partial charge in [0.15, 0.2) is 12.4 Å². The Morgan fingerprint density at radius 2 is 1.81 bits per heavy atom. The summed E-state index contributed by atoms with van der Waals surface area (Å²) in [6, 6.07) is 12.9. The molecule has 0 saturated carbocycles.